The molecule has 2 aromatic rings. The number of carbonyl (C=O) groups excluding carboxylic acids is 3. The van der Waals surface area contributed by atoms with Gasteiger partial charge < -0.3 is 14.5 Å². The Hall–Kier alpha value is -3.15. The smallest absolute Gasteiger partial charge is 0.260 e. The van der Waals surface area contributed by atoms with Crippen LogP contribution in [-0.2, 0) is 9.59 Å². The van der Waals surface area contributed by atoms with Crippen LogP contribution in [-0.4, -0.2) is 60.2 Å². The summed E-state index contributed by atoms with van der Waals surface area (Å²) in [7, 11) is 0. The molecule has 3 rings (SSSR count). The van der Waals surface area contributed by atoms with Crippen molar-refractivity contribution >= 4 is 17.6 Å². The van der Waals surface area contributed by atoms with E-state index < -0.39 is 0 Å². The number of carbonyl (C=O) groups is 3. The highest BCUT2D eigenvalue weighted by Gasteiger charge is 2.24. The number of hydrogen-bond donors (Lipinski definition) is 0. The Bertz CT molecular complexity index is 944. The highest BCUT2D eigenvalue weighted by molar-refractivity contribution is 5.98. The molecule has 1 aliphatic rings. The average Bonchev–Trinajstić information content (AvgIpc) is 2.78. The predicted octanol–water partition coefficient (Wildman–Crippen LogP) is 3.32. The summed E-state index contributed by atoms with van der Waals surface area (Å²) in [4.78, 5) is 40.7. The second-order valence-electron chi connectivity index (χ2n) is 8.09. The standard InChI is InChI=1S/C25H30N2O4/c1-18-4-7-21(8-5-18)23(28)10-11-24(29)26-12-14-27(15-13-26)25(30)17-31-22-9-6-19(2)20(3)16-22/h4-9,16H,10-15,17H2,1-3H3. The van der Waals surface area contributed by atoms with Gasteiger partial charge in [0, 0.05) is 44.6 Å². The number of rotatable bonds is 7. The van der Waals surface area contributed by atoms with Gasteiger partial charge in [0.2, 0.25) is 5.91 Å². The van der Waals surface area contributed by atoms with E-state index in [0.29, 0.717) is 37.5 Å². The molecule has 0 bridgehead atoms. The van der Waals surface area contributed by atoms with Crippen LogP contribution >= 0.6 is 0 Å². The van der Waals surface area contributed by atoms with Gasteiger partial charge in [-0.1, -0.05) is 35.9 Å². The normalized spacial score (nSPS) is 13.8. The third-order valence-corrected chi connectivity index (χ3v) is 5.77. The molecule has 0 aromatic heterocycles. The third kappa shape index (κ3) is 6.17. The van der Waals surface area contributed by atoms with Gasteiger partial charge in [-0.25, -0.2) is 0 Å². The Kier molecular flexibility index (Phi) is 7.45. The zero-order valence-corrected chi connectivity index (χ0v) is 18.5. The lowest BCUT2D eigenvalue weighted by Gasteiger charge is -2.34. The van der Waals surface area contributed by atoms with Crippen LogP contribution in [0, 0.1) is 20.8 Å². The maximum Gasteiger partial charge on any atom is 0.260 e. The van der Waals surface area contributed by atoms with Crippen LogP contribution in [0.1, 0.15) is 39.9 Å². The molecule has 6 heteroatoms. The van der Waals surface area contributed by atoms with Crippen LogP contribution in [0.25, 0.3) is 0 Å². The van der Waals surface area contributed by atoms with E-state index in [1.165, 1.54) is 5.56 Å². The van der Waals surface area contributed by atoms with Crippen LogP contribution < -0.4 is 4.74 Å². The Labute approximate surface area is 183 Å². The molecule has 164 valence electrons. The SMILES string of the molecule is Cc1ccc(C(=O)CCC(=O)N2CCN(C(=O)COc3ccc(C)c(C)c3)CC2)cc1. The molecule has 0 radical (unpaired) electrons. The van der Waals surface area contributed by atoms with Crippen molar-refractivity contribution in [3.8, 4) is 5.75 Å². The zero-order valence-electron chi connectivity index (χ0n) is 18.5. The minimum absolute atomic E-state index is 0.0124. The van der Waals surface area contributed by atoms with Gasteiger partial charge in [0.1, 0.15) is 5.75 Å². The van der Waals surface area contributed by atoms with Crippen molar-refractivity contribution in [1.82, 2.24) is 9.80 Å². The van der Waals surface area contributed by atoms with Crippen LogP contribution in [0.15, 0.2) is 42.5 Å². The van der Waals surface area contributed by atoms with Crippen molar-refractivity contribution in [2.75, 3.05) is 32.8 Å². The van der Waals surface area contributed by atoms with Crippen molar-refractivity contribution in [2.24, 2.45) is 0 Å². The fourth-order valence-electron chi connectivity index (χ4n) is 3.51. The first-order valence-corrected chi connectivity index (χ1v) is 10.7. The monoisotopic (exact) mass is 422 g/mol. The molecule has 0 spiro atoms. The van der Waals surface area contributed by atoms with Crippen molar-refractivity contribution in [3.63, 3.8) is 0 Å². The summed E-state index contributed by atoms with van der Waals surface area (Å²) in [6.45, 7) is 7.91. The minimum Gasteiger partial charge on any atom is -0.484 e. The van der Waals surface area contributed by atoms with E-state index >= 15 is 0 Å². The highest BCUT2D eigenvalue weighted by atomic mass is 16.5. The molecule has 6 nitrogen and oxygen atoms in total. The molecule has 0 aliphatic carbocycles. The molecule has 1 heterocycles. The number of benzene rings is 2. The topological polar surface area (TPSA) is 66.9 Å². The van der Waals surface area contributed by atoms with Crippen LogP contribution in [0.3, 0.4) is 0 Å². The van der Waals surface area contributed by atoms with Gasteiger partial charge in [-0.15, -0.1) is 0 Å². The second kappa shape index (κ2) is 10.2. The molecule has 0 saturated carbocycles. The number of piperazine rings is 1. The summed E-state index contributed by atoms with van der Waals surface area (Å²) in [5.41, 5.74) is 4.04. The molecule has 0 atom stereocenters. The Morgan fingerprint density at radius 3 is 2.00 bits per heavy atom. The maximum atomic E-state index is 12.5. The van der Waals surface area contributed by atoms with Crippen molar-refractivity contribution < 1.29 is 19.1 Å². The molecule has 1 fully saturated rings. The van der Waals surface area contributed by atoms with Crippen molar-refractivity contribution in [3.05, 3.63) is 64.7 Å². The van der Waals surface area contributed by atoms with E-state index in [2.05, 4.69) is 0 Å². The van der Waals surface area contributed by atoms with E-state index in [1.807, 2.05) is 51.1 Å². The first-order chi connectivity index (χ1) is 14.8. The number of ketones is 1. The van der Waals surface area contributed by atoms with Gasteiger partial charge in [-0.2, -0.15) is 0 Å². The summed E-state index contributed by atoms with van der Waals surface area (Å²) < 4.78 is 5.64. The summed E-state index contributed by atoms with van der Waals surface area (Å²) in [5, 5.41) is 0. The first kappa shape index (κ1) is 22.5. The fourth-order valence-corrected chi connectivity index (χ4v) is 3.51. The molecule has 0 N–H and O–H groups in total. The summed E-state index contributed by atoms with van der Waals surface area (Å²) >= 11 is 0. The van der Waals surface area contributed by atoms with Crippen LogP contribution in [0.2, 0.25) is 0 Å². The Balaban J connectivity index is 1.40. The Morgan fingerprint density at radius 2 is 1.39 bits per heavy atom. The van der Waals surface area contributed by atoms with E-state index in [4.69, 9.17) is 4.74 Å². The first-order valence-electron chi connectivity index (χ1n) is 10.7. The molecular formula is C25H30N2O4. The lowest BCUT2D eigenvalue weighted by molar-refractivity contribution is -0.140. The molecule has 1 saturated heterocycles. The predicted molar refractivity (Wildman–Crippen MR) is 119 cm³/mol. The van der Waals surface area contributed by atoms with E-state index in [0.717, 1.165) is 11.1 Å². The van der Waals surface area contributed by atoms with E-state index in [-0.39, 0.29) is 37.0 Å². The third-order valence-electron chi connectivity index (χ3n) is 5.77. The average molecular weight is 423 g/mol. The number of hydrogen-bond acceptors (Lipinski definition) is 4. The minimum atomic E-state index is -0.0834. The summed E-state index contributed by atoms with van der Waals surface area (Å²) in [5.74, 6) is 0.535. The van der Waals surface area contributed by atoms with Gasteiger partial charge in [-0.3, -0.25) is 14.4 Å². The summed E-state index contributed by atoms with van der Waals surface area (Å²) in [6, 6.07) is 13.2. The van der Waals surface area contributed by atoms with E-state index in [9.17, 15) is 14.4 Å². The number of aryl methyl sites for hydroxylation is 3. The summed E-state index contributed by atoms with van der Waals surface area (Å²) in [6.07, 6.45) is 0.390. The second-order valence-corrected chi connectivity index (χ2v) is 8.09. The molecular weight excluding hydrogens is 392 g/mol. The molecule has 2 amide bonds. The van der Waals surface area contributed by atoms with Crippen molar-refractivity contribution in [2.45, 2.75) is 33.6 Å². The molecule has 0 unspecified atom stereocenters. The number of ether oxygens (including phenoxy) is 1. The molecule has 1 aliphatic heterocycles. The van der Waals surface area contributed by atoms with Crippen molar-refractivity contribution in [1.29, 1.82) is 0 Å². The lowest BCUT2D eigenvalue weighted by atomic mass is 10.0. The number of nitrogens with zero attached hydrogens (tertiary/aromatic N) is 2. The van der Waals surface area contributed by atoms with E-state index in [1.54, 1.807) is 21.9 Å². The van der Waals surface area contributed by atoms with Gasteiger partial charge in [-0.05, 0) is 44.0 Å². The van der Waals surface area contributed by atoms with Crippen LogP contribution in [0.4, 0.5) is 0 Å². The number of amides is 2. The quantitative estimate of drug-likeness (QED) is 0.642. The van der Waals surface area contributed by atoms with Gasteiger partial charge >= 0.3 is 0 Å². The molecule has 31 heavy (non-hydrogen) atoms. The zero-order chi connectivity index (χ0) is 22.4. The number of Topliss-reactive ketones (excluding diaryl/α,β-unsaturated/α-hetero) is 1. The Morgan fingerprint density at radius 1 is 0.774 bits per heavy atom. The fraction of sp³-hybridized carbons (Fsp3) is 0.400. The highest BCUT2D eigenvalue weighted by Crippen LogP contribution is 2.17. The van der Waals surface area contributed by atoms with Gasteiger partial charge in [0.25, 0.3) is 5.91 Å². The maximum absolute atomic E-state index is 12.5. The largest absolute Gasteiger partial charge is 0.484 e. The van der Waals surface area contributed by atoms with Gasteiger partial charge in [0.15, 0.2) is 12.4 Å². The molecule has 2 aromatic carbocycles. The van der Waals surface area contributed by atoms with Crippen LogP contribution in [0.5, 0.6) is 5.75 Å². The lowest BCUT2D eigenvalue weighted by Crippen LogP contribution is -2.51. The van der Waals surface area contributed by atoms with Gasteiger partial charge in [0.05, 0.1) is 0 Å².